The summed E-state index contributed by atoms with van der Waals surface area (Å²) in [6, 6.07) is 17.4. The maximum Gasteiger partial charge on any atom is 0.258 e. The molecule has 3 rings (SSSR count). The summed E-state index contributed by atoms with van der Waals surface area (Å²) in [5, 5.41) is 10.4. The number of carbonyl (C=O) groups is 1. The molecule has 25 heavy (non-hydrogen) atoms. The minimum Gasteiger partial charge on any atom is -0.370 e. The molecular formula is C20H20N4O. The molecule has 0 bridgehead atoms. The van der Waals surface area contributed by atoms with Gasteiger partial charge in [0, 0.05) is 10.9 Å². The van der Waals surface area contributed by atoms with Crippen molar-refractivity contribution in [2.75, 3.05) is 0 Å². The first-order valence-corrected chi connectivity index (χ1v) is 8.23. The maximum absolute atomic E-state index is 12.5. The van der Waals surface area contributed by atoms with Gasteiger partial charge in [-0.25, -0.2) is 4.98 Å². The molecule has 0 fully saturated rings. The number of amides is 1. The molecule has 1 heterocycles. The van der Waals surface area contributed by atoms with Crippen molar-refractivity contribution in [2.24, 2.45) is 5.73 Å². The van der Waals surface area contributed by atoms with E-state index in [1.54, 1.807) is 6.07 Å². The van der Waals surface area contributed by atoms with Crippen LogP contribution < -0.4 is 11.1 Å². The number of aromatic nitrogens is 1. The summed E-state index contributed by atoms with van der Waals surface area (Å²) < 4.78 is 0. The highest BCUT2D eigenvalue weighted by Crippen LogP contribution is 2.26. The van der Waals surface area contributed by atoms with Crippen molar-refractivity contribution in [3.63, 3.8) is 0 Å². The summed E-state index contributed by atoms with van der Waals surface area (Å²) in [5.41, 5.74) is 9.38. The van der Waals surface area contributed by atoms with Crippen LogP contribution in [0.4, 0.5) is 0 Å². The van der Waals surface area contributed by atoms with Crippen LogP contribution in [0.5, 0.6) is 0 Å². The fourth-order valence-corrected chi connectivity index (χ4v) is 2.85. The van der Waals surface area contributed by atoms with Crippen LogP contribution in [-0.4, -0.2) is 16.9 Å². The van der Waals surface area contributed by atoms with Crippen LogP contribution >= 0.6 is 0 Å². The van der Waals surface area contributed by atoms with Crippen molar-refractivity contribution in [3.8, 4) is 11.3 Å². The summed E-state index contributed by atoms with van der Waals surface area (Å²) >= 11 is 0. The lowest BCUT2D eigenvalue weighted by atomic mass is 10.0. The zero-order valence-corrected chi connectivity index (χ0v) is 14.0. The van der Waals surface area contributed by atoms with Gasteiger partial charge in [0.2, 0.25) is 0 Å². The summed E-state index contributed by atoms with van der Waals surface area (Å²) in [5.74, 6) is -0.779. The molecule has 1 aromatic heterocycles. The molecule has 0 aliphatic rings. The summed E-state index contributed by atoms with van der Waals surface area (Å²) in [6.07, 6.45) is 2.00. The van der Waals surface area contributed by atoms with Crippen LogP contribution in [0.15, 0.2) is 54.6 Å². The molecule has 1 amide bonds. The Balaban J connectivity index is 2.20. The van der Waals surface area contributed by atoms with Crippen molar-refractivity contribution < 1.29 is 4.79 Å². The van der Waals surface area contributed by atoms with E-state index in [0.29, 0.717) is 5.56 Å². The molecule has 0 spiro atoms. The molecule has 5 nitrogen and oxygen atoms in total. The number of rotatable bonds is 4. The quantitative estimate of drug-likeness (QED) is 0.504. The molecule has 0 aliphatic heterocycles. The first-order chi connectivity index (χ1) is 12.1. The zero-order chi connectivity index (χ0) is 17.8. The lowest BCUT2D eigenvalue weighted by molar-refractivity contribution is 0.0978. The highest BCUT2D eigenvalue weighted by molar-refractivity contribution is 6.12. The van der Waals surface area contributed by atoms with Gasteiger partial charge in [0.1, 0.15) is 0 Å². The third-order valence-corrected chi connectivity index (χ3v) is 3.98. The second kappa shape index (κ2) is 7.13. The van der Waals surface area contributed by atoms with Gasteiger partial charge in [-0.05, 0) is 24.1 Å². The van der Waals surface area contributed by atoms with E-state index >= 15 is 0 Å². The smallest absolute Gasteiger partial charge is 0.258 e. The number of pyridine rings is 1. The minimum atomic E-state index is -0.402. The van der Waals surface area contributed by atoms with Gasteiger partial charge < -0.3 is 5.73 Å². The molecule has 3 aromatic rings. The lowest BCUT2D eigenvalue weighted by Crippen LogP contribution is -2.35. The first kappa shape index (κ1) is 16.6. The van der Waals surface area contributed by atoms with E-state index in [-0.39, 0.29) is 5.96 Å². The summed E-state index contributed by atoms with van der Waals surface area (Å²) in [4.78, 5) is 17.2. The van der Waals surface area contributed by atoms with E-state index in [1.165, 1.54) is 5.56 Å². The summed E-state index contributed by atoms with van der Waals surface area (Å²) in [7, 11) is 0. The van der Waals surface area contributed by atoms with Crippen LogP contribution in [0.25, 0.3) is 22.2 Å². The normalized spacial score (nSPS) is 10.6. The Kier molecular flexibility index (Phi) is 4.75. The Bertz CT molecular complexity index is 935. The lowest BCUT2D eigenvalue weighted by Gasteiger charge is -2.11. The number of carbonyl (C=O) groups excluding carboxylic acids is 1. The third-order valence-electron chi connectivity index (χ3n) is 3.98. The number of aryl methyl sites for hydroxylation is 1. The Labute approximate surface area is 146 Å². The average Bonchev–Trinajstić information content (AvgIpc) is 2.61. The first-order valence-electron chi connectivity index (χ1n) is 8.23. The Morgan fingerprint density at radius 1 is 1.16 bits per heavy atom. The Hall–Kier alpha value is -3.21. The summed E-state index contributed by atoms with van der Waals surface area (Å²) in [6.45, 7) is 2.13. The molecule has 0 unspecified atom stereocenters. The van der Waals surface area contributed by atoms with E-state index in [4.69, 9.17) is 16.1 Å². The highest BCUT2D eigenvalue weighted by Gasteiger charge is 2.15. The maximum atomic E-state index is 12.5. The third kappa shape index (κ3) is 3.66. The topological polar surface area (TPSA) is 91.9 Å². The number of hydrogen-bond donors (Lipinski definition) is 3. The van der Waals surface area contributed by atoms with Crippen molar-refractivity contribution in [1.29, 1.82) is 5.41 Å². The largest absolute Gasteiger partial charge is 0.370 e. The van der Waals surface area contributed by atoms with Crippen molar-refractivity contribution >= 4 is 22.8 Å². The SMILES string of the molecule is CCCc1ccc2c(C(=O)NC(=N)N)cc(-c3ccccc3)nc2c1. The predicted octanol–water partition coefficient (Wildman–Crippen LogP) is 3.48. The van der Waals surface area contributed by atoms with Crippen LogP contribution in [0.1, 0.15) is 29.3 Å². The van der Waals surface area contributed by atoms with Gasteiger partial charge in [-0.3, -0.25) is 15.5 Å². The van der Waals surface area contributed by atoms with Crippen LogP contribution in [-0.2, 0) is 6.42 Å². The predicted molar refractivity (Wildman–Crippen MR) is 101 cm³/mol. The fourth-order valence-electron chi connectivity index (χ4n) is 2.85. The highest BCUT2D eigenvalue weighted by atomic mass is 16.1. The van der Waals surface area contributed by atoms with E-state index in [1.807, 2.05) is 48.5 Å². The van der Waals surface area contributed by atoms with Gasteiger partial charge in [0.05, 0.1) is 16.8 Å². The van der Waals surface area contributed by atoms with Gasteiger partial charge in [0.25, 0.3) is 5.91 Å². The van der Waals surface area contributed by atoms with E-state index in [0.717, 1.165) is 35.0 Å². The standard InChI is InChI=1S/C20H20N4O/c1-2-6-13-9-10-15-16(19(25)24-20(21)22)12-17(23-18(15)11-13)14-7-4-3-5-8-14/h3-5,7-12H,2,6H2,1H3,(H4,21,22,24,25). The number of nitrogens with two attached hydrogens (primary N) is 1. The molecule has 126 valence electrons. The Morgan fingerprint density at radius 2 is 1.92 bits per heavy atom. The Morgan fingerprint density at radius 3 is 2.60 bits per heavy atom. The van der Waals surface area contributed by atoms with Crippen molar-refractivity contribution in [2.45, 2.75) is 19.8 Å². The number of benzene rings is 2. The average molecular weight is 332 g/mol. The number of fused-ring (bicyclic) bond motifs is 1. The zero-order valence-electron chi connectivity index (χ0n) is 14.0. The molecular weight excluding hydrogens is 312 g/mol. The van der Waals surface area contributed by atoms with Crippen LogP contribution in [0.3, 0.4) is 0 Å². The van der Waals surface area contributed by atoms with Crippen molar-refractivity contribution in [1.82, 2.24) is 10.3 Å². The monoisotopic (exact) mass is 332 g/mol. The molecule has 0 aliphatic carbocycles. The second-order valence-corrected chi connectivity index (χ2v) is 5.89. The van der Waals surface area contributed by atoms with Gasteiger partial charge >= 0.3 is 0 Å². The van der Waals surface area contributed by atoms with Crippen molar-refractivity contribution in [3.05, 3.63) is 65.7 Å². The molecule has 0 radical (unpaired) electrons. The number of nitrogens with one attached hydrogen (secondary N) is 2. The van der Waals surface area contributed by atoms with Gasteiger partial charge in [-0.15, -0.1) is 0 Å². The minimum absolute atomic E-state index is 0.376. The second-order valence-electron chi connectivity index (χ2n) is 5.89. The number of guanidine groups is 1. The fraction of sp³-hybridized carbons (Fsp3) is 0.150. The van der Waals surface area contributed by atoms with E-state index < -0.39 is 5.91 Å². The molecule has 0 saturated heterocycles. The van der Waals surface area contributed by atoms with Gasteiger partial charge in [-0.2, -0.15) is 0 Å². The van der Waals surface area contributed by atoms with Gasteiger partial charge in [-0.1, -0.05) is 55.8 Å². The molecule has 4 N–H and O–H groups in total. The molecule has 0 atom stereocenters. The van der Waals surface area contributed by atoms with Gasteiger partial charge in [0.15, 0.2) is 5.96 Å². The van der Waals surface area contributed by atoms with E-state index in [9.17, 15) is 4.79 Å². The van der Waals surface area contributed by atoms with E-state index in [2.05, 4.69) is 12.2 Å². The number of nitrogens with zero attached hydrogens (tertiary/aromatic N) is 1. The molecule has 2 aromatic carbocycles. The van der Waals surface area contributed by atoms with Crippen LogP contribution in [0.2, 0.25) is 0 Å². The molecule has 0 saturated carbocycles. The van der Waals surface area contributed by atoms with Crippen LogP contribution in [0, 0.1) is 5.41 Å². The molecule has 5 heteroatoms. The number of hydrogen-bond acceptors (Lipinski definition) is 3.